The highest BCUT2D eigenvalue weighted by atomic mass is 35.5. The summed E-state index contributed by atoms with van der Waals surface area (Å²) in [5.74, 6) is -0.806. The van der Waals surface area contributed by atoms with Crippen molar-refractivity contribution >= 4 is 17.6 Å². The second kappa shape index (κ2) is 7.18. The predicted molar refractivity (Wildman–Crippen MR) is 89.0 cm³/mol. The van der Waals surface area contributed by atoms with Crippen LogP contribution < -0.4 is 0 Å². The topological polar surface area (TPSA) is 53.0 Å². The molecule has 6 heteroatoms. The summed E-state index contributed by atoms with van der Waals surface area (Å²) in [7, 11) is 1.82. The number of morpholine rings is 1. The number of ether oxygens (including phenoxy) is 1. The molecule has 2 unspecified atom stereocenters. The van der Waals surface area contributed by atoms with Crippen LogP contribution in [0.5, 0.6) is 0 Å². The Balaban J connectivity index is 1.64. The summed E-state index contributed by atoms with van der Waals surface area (Å²) >= 11 is 6.31. The average molecular weight is 339 g/mol. The fraction of sp³-hybridized carbons (Fsp3) is 0.588. The number of carboxylic acid groups (broad SMARTS) is 1. The lowest BCUT2D eigenvalue weighted by Gasteiger charge is -2.38. The van der Waals surface area contributed by atoms with E-state index in [2.05, 4.69) is 11.0 Å². The van der Waals surface area contributed by atoms with E-state index in [1.807, 2.05) is 19.2 Å². The molecule has 23 heavy (non-hydrogen) atoms. The van der Waals surface area contributed by atoms with E-state index in [4.69, 9.17) is 21.4 Å². The first-order valence-corrected chi connectivity index (χ1v) is 8.45. The van der Waals surface area contributed by atoms with Crippen molar-refractivity contribution in [3.8, 4) is 0 Å². The van der Waals surface area contributed by atoms with E-state index in [-0.39, 0.29) is 12.6 Å². The Bertz CT molecular complexity index is 581. The molecule has 0 bridgehead atoms. The van der Waals surface area contributed by atoms with Gasteiger partial charge in [0.25, 0.3) is 0 Å². The Hall–Kier alpha value is -1.14. The maximum Gasteiger partial charge on any atom is 0.317 e. The minimum absolute atomic E-state index is 0.0434. The summed E-state index contributed by atoms with van der Waals surface area (Å²) in [5, 5.41) is 9.74. The second-order valence-electron chi connectivity index (χ2n) is 6.44. The van der Waals surface area contributed by atoms with Gasteiger partial charge in [-0.15, -0.1) is 0 Å². The largest absolute Gasteiger partial charge is 0.480 e. The number of aliphatic carboxylic acids is 1. The summed E-state index contributed by atoms with van der Waals surface area (Å²) in [6.07, 6.45) is 2.17. The number of carbonyl (C=O) groups is 1. The first kappa shape index (κ1) is 16.7. The third-order valence-electron chi connectivity index (χ3n) is 4.71. The zero-order chi connectivity index (χ0) is 16.4. The van der Waals surface area contributed by atoms with E-state index in [1.165, 1.54) is 11.1 Å². The molecular weight excluding hydrogens is 316 g/mol. The summed E-state index contributed by atoms with van der Waals surface area (Å²) < 4.78 is 5.83. The molecule has 1 fully saturated rings. The highest BCUT2D eigenvalue weighted by Crippen LogP contribution is 2.39. The van der Waals surface area contributed by atoms with Gasteiger partial charge in [0.1, 0.15) is 0 Å². The van der Waals surface area contributed by atoms with Crippen LogP contribution in [0.1, 0.15) is 23.6 Å². The molecule has 1 N–H and O–H groups in total. The fourth-order valence-corrected chi connectivity index (χ4v) is 4.02. The van der Waals surface area contributed by atoms with Gasteiger partial charge in [-0.1, -0.05) is 23.7 Å². The third-order valence-corrected chi connectivity index (χ3v) is 5.07. The van der Waals surface area contributed by atoms with E-state index < -0.39 is 5.97 Å². The van der Waals surface area contributed by atoms with Gasteiger partial charge < -0.3 is 9.84 Å². The Morgan fingerprint density at radius 1 is 1.52 bits per heavy atom. The maximum absolute atomic E-state index is 10.8. The van der Waals surface area contributed by atoms with E-state index in [0.717, 1.165) is 31.0 Å². The summed E-state index contributed by atoms with van der Waals surface area (Å²) in [5.41, 5.74) is 2.63. The van der Waals surface area contributed by atoms with Crippen molar-refractivity contribution in [2.24, 2.45) is 0 Å². The van der Waals surface area contributed by atoms with Crippen molar-refractivity contribution in [2.45, 2.75) is 25.0 Å². The highest BCUT2D eigenvalue weighted by molar-refractivity contribution is 6.31. The van der Waals surface area contributed by atoms with Crippen LogP contribution in [0, 0.1) is 0 Å². The highest BCUT2D eigenvalue weighted by Gasteiger charge is 2.32. The summed E-state index contributed by atoms with van der Waals surface area (Å²) in [6, 6.07) is 6.57. The molecular formula is C17H23ClN2O3. The molecule has 2 atom stereocenters. The van der Waals surface area contributed by atoms with E-state index in [9.17, 15) is 4.79 Å². The number of halogens is 1. The molecule has 1 aliphatic carbocycles. The van der Waals surface area contributed by atoms with Gasteiger partial charge in [-0.2, -0.15) is 0 Å². The Morgan fingerprint density at radius 2 is 2.35 bits per heavy atom. The van der Waals surface area contributed by atoms with Crippen molar-refractivity contribution in [3.05, 3.63) is 34.3 Å². The van der Waals surface area contributed by atoms with Crippen LogP contribution in [-0.2, 0) is 16.0 Å². The van der Waals surface area contributed by atoms with Gasteiger partial charge >= 0.3 is 5.97 Å². The minimum Gasteiger partial charge on any atom is -0.480 e. The van der Waals surface area contributed by atoms with Gasteiger partial charge in [-0.05, 0) is 37.1 Å². The molecule has 1 aliphatic heterocycles. The number of fused-ring (bicyclic) bond motifs is 1. The van der Waals surface area contributed by atoms with Crippen LogP contribution >= 0.6 is 11.6 Å². The van der Waals surface area contributed by atoms with Crippen LogP contribution in [0.15, 0.2) is 18.2 Å². The maximum atomic E-state index is 10.8. The van der Waals surface area contributed by atoms with Crippen LogP contribution in [0.25, 0.3) is 0 Å². The Morgan fingerprint density at radius 3 is 3.13 bits per heavy atom. The van der Waals surface area contributed by atoms with Crippen molar-refractivity contribution < 1.29 is 14.6 Å². The van der Waals surface area contributed by atoms with Gasteiger partial charge in [0, 0.05) is 30.7 Å². The number of nitrogens with zero attached hydrogens (tertiary/aromatic N) is 2. The van der Waals surface area contributed by atoms with Crippen LogP contribution in [-0.4, -0.2) is 66.8 Å². The number of hydrogen-bond donors (Lipinski definition) is 1. The van der Waals surface area contributed by atoms with Gasteiger partial charge in [0.15, 0.2) is 0 Å². The van der Waals surface area contributed by atoms with Crippen LogP contribution in [0.3, 0.4) is 0 Å². The van der Waals surface area contributed by atoms with Gasteiger partial charge in [-0.25, -0.2) is 0 Å². The van der Waals surface area contributed by atoms with Crippen molar-refractivity contribution in [3.63, 3.8) is 0 Å². The molecule has 0 amide bonds. The van der Waals surface area contributed by atoms with Crippen LogP contribution in [0.2, 0.25) is 5.02 Å². The quantitative estimate of drug-likeness (QED) is 0.890. The van der Waals surface area contributed by atoms with Gasteiger partial charge in [0.05, 0.1) is 19.3 Å². The molecule has 126 valence electrons. The SMILES string of the molecule is CN(CC(=O)O)CC1CN(C2CCc3c(Cl)cccc32)CCO1. The fourth-order valence-electron chi connectivity index (χ4n) is 3.75. The van der Waals surface area contributed by atoms with Crippen molar-refractivity contribution in [1.29, 1.82) is 0 Å². The molecule has 2 aliphatic rings. The Labute approximate surface area is 141 Å². The van der Waals surface area contributed by atoms with Crippen molar-refractivity contribution in [1.82, 2.24) is 9.80 Å². The zero-order valence-electron chi connectivity index (χ0n) is 13.4. The molecule has 1 aromatic carbocycles. The van der Waals surface area contributed by atoms with Gasteiger partial charge in [0.2, 0.25) is 0 Å². The first-order chi connectivity index (χ1) is 11.0. The predicted octanol–water partition coefficient (Wildman–Crippen LogP) is 2.04. The van der Waals surface area contributed by atoms with E-state index in [1.54, 1.807) is 4.90 Å². The Kier molecular flexibility index (Phi) is 5.21. The molecule has 0 aromatic heterocycles. The number of hydrogen-bond acceptors (Lipinski definition) is 4. The monoisotopic (exact) mass is 338 g/mol. The minimum atomic E-state index is -0.806. The normalized spacial score (nSPS) is 24.8. The molecule has 0 saturated carbocycles. The molecule has 0 radical (unpaired) electrons. The smallest absolute Gasteiger partial charge is 0.317 e. The lowest BCUT2D eigenvalue weighted by molar-refractivity contribution is -0.138. The summed E-state index contributed by atoms with van der Waals surface area (Å²) in [6.45, 7) is 3.12. The molecule has 0 spiro atoms. The zero-order valence-corrected chi connectivity index (χ0v) is 14.1. The number of likely N-dealkylation sites (N-methyl/N-ethyl adjacent to an activating group) is 1. The number of carboxylic acids is 1. The first-order valence-electron chi connectivity index (χ1n) is 8.08. The standard InChI is InChI=1S/C17H23ClN2O3/c1-19(11-17(21)22)9-12-10-20(7-8-23-12)16-6-5-13-14(16)3-2-4-15(13)18/h2-4,12,16H,5-11H2,1H3,(H,21,22). The molecule has 1 aromatic rings. The average Bonchev–Trinajstić information content (AvgIpc) is 2.92. The molecule has 3 rings (SSSR count). The lowest BCUT2D eigenvalue weighted by atomic mass is 10.1. The second-order valence-corrected chi connectivity index (χ2v) is 6.85. The number of rotatable bonds is 5. The third kappa shape index (κ3) is 3.86. The molecule has 5 nitrogen and oxygen atoms in total. The van der Waals surface area contributed by atoms with Crippen LogP contribution in [0.4, 0.5) is 0 Å². The lowest BCUT2D eigenvalue weighted by Crippen LogP contribution is -2.48. The van der Waals surface area contributed by atoms with Gasteiger partial charge in [-0.3, -0.25) is 14.6 Å². The van der Waals surface area contributed by atoms with E-state index >= 15 is 0 Å². The van der Waals surface area contributed by atoms with E-state index in [0.29, 0.717) is 19.2 Å². The number of benzene rings is 1. The summed E-state index contributed by atoms with van der Waals surface area (Å²) in [4.78, 5) is 15.1. The molecule has 1 heterocycles. The van der Waals surface area contributed by atoms with Crippen molar-refractivity contribution in [2.75, 3.05) is 39.8 Å². The molecule has 1 saturated heterocycles.